The Hall–Kier alpha value is -0.410. The van der Waals surface area contributed by atoms with Crippen molar-refractivity contribution in [3.63, 3.8) is 0 Å². The first-order chi connectivity index (χ1) is 7.77. The Morgan fingerprint density at radius 1 is 1.25 bits per heavy atom. The largest absolute Gasteiger partial charge is 0.381 e. The Morgan fingerprint density at radius 2 is 2.00 bits per heavy atom. The van der Waals surface area contributed by atoms with E-state index in [4.69, 9.17) is 4.74 Å². The summed E-state index contributed by atoms with van der Waals surface area (Å²) in [4.78, 5) is 14.1. The Kier molecular flexibility index (Phi) is 4.36. The average Bonchev–Trinajstić information content (AvgIpc) is 2.31. The minimum absolute atomic E-state index is 0.205. The fourth-order valence-electron chi connectivity index (χ4n) is 2.89. The number of carbonyl (C=O) groups excluding carboxylic acids is 1. The van der Waals surface area contributed by atoms with E-state index in [0.29, 0.717) is 5.78 Å². The molecule has 0 radical (unpaired) electrons. The quantitative estimate of drug-likeness (QED) is 0.734. The molecule has 16 heavy (non-hydrogen) atoms. The van der Waals surface area contributed by atoms with E-state index in [1.807, 2.05) is 0 Å². The zero-order chi connectivity index (χ0) is 11.4. The normalized spacial score (nSPS) is 28.6. The number of ketones is 1. The van der Waals surface area contributed by atoms with Gasteiger partial charge in [0, 0.05) is 26.2 Å². The highest BCUT2D eigenvalue weighted by Crippen LogP contribution is 2.22. The van der Waals surface area contributed by atoms with Crippen molar-refractivity contribution in [2.75, 3.05) is 26.8 Å². The van der Waals surface area contributed by atoms with Crippen LogP contribution in [0.1, 0.15) is 38.5 Å². The summed E-state index contributed by atoms with van der Waals surface area (Å²) in [6.07, 6.45) is 6.49. The van der Waals surface area contributed by atoms with Crippen LogP contribution in [0.25, 0.3) is 0 Å². The van der Waals surface area contributed by atoms with E-state index in [2.05, 4.69) is 11.9 Å². The van der Waals surface area contributed by atoms with Gasteiger partial charge in [-0.25, -0.2) is 0 Å². The van der Waals surface area contributed by atoms with Crippen LogP contribution < -0.4 is 0 Å². The van der Waals surface area contributed by atoms with Crippen LogP contribution in [0.5, 0.6) is 0 Å². The summed E-state index contributed by atoms with van der Waals surface area (Å²) in [5, 5.41) is 0. The van der Waals surface area contributed by atoms with Gasteiger partial charge in [-0.05, 0) is 38.6 Å². The molecule has 1 unspecified atom stereocenters. The maximum atomic E-state index is 11.8. The van der Waals surface area contributed by atoms with Crippen molar-refractivity contribution in [3.05, 3.63) is 0 Å². The molecule has 1 aliphatic heterocycles. The molecule has 3 heteroatoms. The molecule has 2 aliphatic rings. The lowest BCUT2D eigenvalue weighted by Crippen LogP contribution is -2.43. The third kappa shape index (κ3) is 3.05. The predicted octanol–water partition coefficient (Wildman–Crippen LogP) is 1.86. The van der Waals surface area contributed by atoms with Crippen LogP contribution in [0.15, 0.2) is 0 Å². The van der Waals surface area contributed by atoms with Crippen molar-refractivity contribution in [2.45, 2.75) is 44.6 Å². The van der Waals surface area contributed by atoms with Crippen molar-refractivity contribution >= 4 is 5.78 Å². The van der Waals surface area contributed by atoms with E-state index < -0.39 is 0 Å². The van der Waals surface area contributed by atoms with Gasteiger partial charge in [0.05, 0.1) is 6.04 Å². The molecule has 0 aromatic rings. The lowest BCUT2D eigenvalue weighted by Gasteiger charge is -2.33. The fraction of sp³-hybridized carbons (Fsp3) is 0.923. The molecule has 0 aromatic carbocycles. The number of hydrogen-bond donors (Lipinski definition) is 0. The second-order valence-corrected chi connectivity index (χ2v) is 5.22. The SMILES string of the molecule is CN(CC1CCOCC1)C1CCCCC1=O. The molecule has 0 amide bonds. The summed E-state index contributed by atoms with van der Waals surface area (Å²) in [6.45, 7) is 2.87. The Bertz CT molecular complexity index is 236. The summed E-state index contributed by atoms with van der Waals surface area (Å²) in [5.41, 5.74) is 0. The molecule has 0 N–H and O–H groups in total. The van der Waals surface area contributed by atoms with Crippen LogP contribution in [0.2, 0.25) is 0 Å². The number of hydrogen-bond acceptors (Lipinski definition) is 3. The molecule has 1 saturated heterocycles. The van der Waals surface area contributed by atoms with Crippen LogP contribution in [0.3, 0.4) is 0 Å². The third-order valence-corrected chi connectivity index (χ3v) is 3.94. The number of Topliss-reactive ketones (excluding diaryl/α,β-unsaturated/α-hetero) is 1. The minimum Gasteiger partial charge on any atom is -0.381 e. The third-order valence-electron chi connectivity index (χ3n) is 3.94. The van der Waals surface area contributed by atoms with E-state index in [1.54, 1.807) is 0 Å². The van der Waals surface area contributed by atoms with Crippen LogP contribution in [0.4, 0.5) is 0 Å². The fourth-order valence-corrected chi connectivity index (χ4v) is 2.89. The molecule has 2 fully saturated rings. The standard InChI is InChI=1S/C13H23NO2/c1-14(10-11-6-8-16-9-7-11)12-4-2-3-5-13(12)15/h11-12H,2-10H2,1H3. The van der Waals surface area contributed by atoms with E-state index >= 15 is 0 Å². The number of carbonyl (C=O) groups is 1. The molecular weight excluding hydrogens is 202 g/mol. The minimum atomic E-state index is 0.205. The number of rotatable bonds is 3. The summed E-state index contributed by atoms with van der Waals surface area (Å²) in [6, 6.07) is 0.205. The molecule has 2 rings (SSSR count). The van der Waals surface area contributed by atoms with Gasteiger partial charge in [0.1, 0.15) is 5.78 Å². The van der Waals surface area contributed by atoms with E-state index in [0.717, 1.165) is 57.8 Å². The highest BCUT2D eigenvalue weighted by molar-refractivity contribution is 5.84. The Labute approximate surface area is 98.1 Å². The molecule has 1 aliphatic carbocycles. The van der Waals surface area contributed by atoms with Gasteiger partial charge in [-0.15, -0.1) is 0 Å². The average molecular weight is 225 g/mol. The van der Waals surface area contributed by atoms with Gasteiger partial charge in [-0.2, -0.15) is 0 Å². The summed E-state index contributed by atoms with van der Waals surface area (Å²) >= 11 is 0. The van der Waals surface area contributed by atoms with Crippen LogP contribution in [-0.4, -0.2) is 43.5 Å². The molecule has 92 valence electrons. The van der Waals surface area contributed by atoms with E-state index in [1.165, 1.54) is 6.42 Å². The van der Waals surface area contributed by atoms with Crippen molar-refractivity contribution in [3.8, 4) is 0 Å². The number of likely N-dealkylation sites (N-methyl/N-ethyl adjacent to an activating group) is 1. The predicted molar refractivity (Wildman–Crippen MR) is 63.4 cm³/mol. The highest BCUT2D eigenvalue weighted by Gasteiger charge is 2.27. The summed E-state index contributed by atoms with van der Waals surface area (Å²) in [7, 11) is 2.11. The van der Waals surface area contributed by atoms with Crippen molar-refractivity contribution in [1.29, 1.82) is 0 Å². The van der Waals surface area contributed by atoms with Crippen LogP contribution in [-0.2, 0) is 9.53 Å². The zero-order valence-corrected chi connectivity index (χ0v) is 10.3. The monoisotopic (exact) mass is 225 g/mol. The maximum Gasteiger partial charge on any atom is 0.149 e. The molecule has 1 saturated carbocycles. The van der Waals surface area contributed by atoms with Gasteiger partial charge >= 0.3 is 0 Å². The maximum absolute atomic E-state index is 11.8. The molecule has 0 aromatic heterocycles. The van der Waals surface area contributed by atoms with Crippen molar-refractivity contribution in [2.24, 2.45) is 5.92 Å². The lowest BCUT2D eigenvalue weighted by molar-refractivity contribution is -0.126. The van der Waals surface area contributed by atoms with Crippen LogP contribution >= 0.6 is 0 Å². The molecule has 1 atom stereocenters. The zero-order valence-electron chi connectivity index (χ0n) is 10.3. The smallest absolute Gasteiger partial charge is 0.149 e. The molecule has 1 heterocycles. The first kappa shape index (κ1) is 12.1. The van der Waals surface area contributed by atoms with Crippen LogP contribution in [0, 0.1) is 5.92 Å². The lowest BCUT2D eigenvalue weighted by atomic mass is 9.91. The van der Waals surface area contributed by atoms with E-state index in [9.17, 15) is 4.79 Å². The summed E-state index contributed by atoms with van der Waals surface area (Å²) in [5.74, 6) is 1.19. The molecular formula is C13H23NO2. The van der Waals surface area contributed by atoms with E-state index in [-0.39, 0.29) is 6.04 Å². The number of ether oxygens (including phenoxy) is 1. The van der Waals surface area contributed by atoms with Gasteiger partial charge in [0.15, 0.2) is 0 Å². The van der Waals surface area contributed by atoms with Gasteiger partial charge in [-0.1, -0.05) is 6.42 Å². The van der Waals surface area contributed by atoms with Gasteiger partial charge in [0.25, 0.3) is 0 Å². The highest BCUT2D eigenvalue weighted by atomic mass is 16.5. The van der Waals surface area contributed by atoms with Gasteiger partial charge in [0.2, 0.25) is 0 Å². The van der Waals surface area contributed by atoms with Gasteiger partial charge < -0.3 is 4.74 Å². The molecule has 0 bridgehead atoms. The molecule has 0 spiro atoms. The van der Waals surface area contributed by atoms with Crippen molar-refractivity contribution in [1.82, 2.24) is 4.90 Å². The number of nitrogens with zero attached hydrogens (tertiary/aromatic N) is 1. The molecule has 3 nitrogen and oxygen atoms in total. The second kappa shape index (κ2) is 5.78. The summed E-state index contributed by atoms with van der Waals surface area (Å²) < 4.78 is 5.36. The van der Waals surface area contributed by atoms with Crippen molar-refractivity contribution < 1.29 is 9.53 Å². The second-order valence-electron chi connectivity index (χ2n) is 5.22. The van der Waals surface area contributed by atoms with Gasteiger partial charge in [-0.3, -0.25) is 9.69 Å². The Morgan fingerprint density at radius 3 is 2.69 bits per heavy atom. The first-order valence-electron chi connectivity index (χ1n) is 6.58. The Balaban J connectivity index is 1.81. The topological polar surface area (TPSA) is 29.5 Å². The first-order valence-corrected chi connectivity index (χ1v) is 6.58.